The maximum atomic E-state index is 6.03. The minimum absolute atomic E-state index is 0.848. The van der Waals surface area contributed by atoms with E-state index in [1.165, 1.54) is 11.1 Å². The van der Waals surface area contributed by atoms with Crippen LogP contribution in [-0.2, 0) is 13.0 Å². The molecule has 1 aromatic rings. The Hall–Kier alpha value is -0.730. The molecule has 0 fully saturated rings. The SMILES string of the molecule is Nc1ccc(Cl)c2c1CNCC2. The molecule has 0 radical (unpaired) electrons. The minimum atomic E-state index is 0.848. The number of anilines is 1. The van der Waals surface area contributed by atoms with Crippen molar-refractivity contribution in [3.63, 3.8) is 0 Å². The van der Waals surface area contributed by atoms with Crippen LogP contribution in [0.1, 0.15) is 11.1 Å². The highest BCUT2D eigenvalue weighted by atomic mass is 35.5. The summed E-state index contributed by atoms with van der Waals surface area (Å²) in [7, 11) is 0. The summed E-state index contributed by atoms with van der Waals surface area (Å²) in [4.78, 5) is 0. The highest BCUT2D eigenvalue weighted by Gasteiger charge is 2.13. The Kier molecular flexibility index (Phi) is 1.95. The van der Waals surface area contributed by atoms with Gasteiger partial charge < -0.3 is 11.1 Å². The first-order valence-electron chi connectivity index (χ1n) is 4.05. The van der Waals surface area contributed by atoms with Gasteiger partial charge in [0.15, 0.2) is 0 Å². The molecular formula is C9H11ClN2. The molecule has 0 aromatic heterocycles. The number of hydrogen-bond donors (Lipinski definition) is 2. The standard InChI is InChI=1S/C9H11ClN2/c10-8-1-2-9(11)7-5-12-4-3-6(7)8/h1-2,12H,3-5,11H2. The lowest BCUT2D eigenvalue weighted by Crippen LogP contribution is -2.24. The van der Waals surface area contributed by atoms with E-state index in [0.717, 1.165) is 30.2 Å². The van der Waals surface area contributed by atoms with Crippen LogP contribution >= 0.6 is 11.6 Å². The molecule has 0 atom stereocenters. The van der Waals surface area contributed by atoms with Gasteiger partial charge in [-0.05, 0) is 36.2 Å². The van der Waals surface area contributed by atoms with Gasteiger partial charge in [-0.25, -0.2) is 0 Å². The van der Waals surface area contributed by atoms with E-state index in [-0.39, 0.29) is 0 Å². The van der Waals surface area contributed by atoms with Crippen LogP contribution in [-0.4, -0.2) is 6.54 Å². The van der Waals surface area contributed by atoms with Gasteiger partial charge >= 0.3 is 0 Å². The molecule has 3 heteroatoms. The summed E-state index contributed by atoms with van der Waals surface area (Å²) in [5.74, 6) is 0. The minimum Gasteiger partial charge on any atom is -0.398 e. The van der Waals surface area contributed by atoms with Crippen molar-refractivity contribution in [2.75, 3.05) is 12.3 Å². The van der Waals surface area contributed by atoms with Crippen molar-refractivity contribution < 1.29 is 0 Å². The molecule has 0 unspecified atom stereocenters. The molecule has 1 aliphatic heterocycles. The molecule has 12 heavy (non-hydrogen) atoms. The van der Waals surface area contributed by atoms with Crippen LogP contribution in [0.15, 0.2) is 12.1 Å². The molecule has 0 saturated heterocycles. The van der Waals surface area contributed by atoms with Gasteiger partial charge in [0.2, 0.25) is 0 Å². The third kappa shape index (κ3) is 1.17. The highest BCUT2D eigenvalue weighted by Crippen LogP contribution is 2.27. The number of nitrogen functional groups attached to an aromatic ring is 1. The lowest BCUT2D eigenvalue weighted by Gasteiger charge is -2.19. The molecule has 1 aromatic carbocycles. The lowest BCUT2D eigenvalue weighted by molar-refractivity contribution is 0.645. The number of rotatable bonds is 0. The largest absolute Gasteiger partial charge is 0.398 e. The van der Waals surface area contributed by atoms with Gasteiger partial charge in [0.25, 0.3) is 0 Å². The van der Waals surface area contributed by atoms with Gasteiger partial charge in [0, 0.05) is 17.3 Å². The monoisotopic (exact) mass is 182 g/mol. The zero-order chi connectivity index (χ0) is 8.55. The first kappa shape index (κ1) is 7.90. The molecule has 0 amide bonds. The van der Waals surface area contributed by atoms with E-state index in [9.17, 15) is 0 Å². The number of nitrogens with one attached hydrogen (secondary N) is 1. The first-order valence-corrected chi connectivity index (χ1v) is 4.43. The van der Waals surface area contributed by atoms with Gasteiger partial charge in [-0.3, -0.25) is 0 Å². The normalized spacial score (nSPS) is 15.8. The van der Waals surface area contributed by atoms with Gasteiger partial charge in [0.05, 0.1) is 0 Å². The second-order valence-electron chi connectivity index (χ2n) is 3.02. The van der Waals surface area contributed by atoms with Crippen LogP contribution in [0.25, 0.3) is 0 Å². The van der Waals surface area contributed by atoms with Gasteiger partial charge in [-0.2, -0.15) is 0 Å². The summed E-state index contributed by atoms with van der Waals surface area (Å²) in [6.45, 7) is 1.85. The van der Waals surface area contributed by atoms with Gasteiger partial charge in [0.1, 0.15) is 0 Å². The number of benzene rings is 1. The Balaban J connectivity index is 2.57. The van der Waals surface area contributed by atoms with E-state index >= 15 is 0 Å². The molecule has 1 aliphatic rings. The van der Waals surface area contributed by atoms with Crippen LogP contribution < -0.4 is 11.1 Å². The molecule has 0 aliphatic carbocycles. The van der Waals surface area contributed by atoms with E-state index in [1.54, 1.807) is 0 Å². The van der Waals surface area contributed by atoms with E-state index in [4.69, 9.17) is 17.3 Å². The van der Waals surface area contributed by atoms with E-state index < -0.39 is 0 Å². The van der Waals surface area contributed by atoms with Crippen LogP contribution in [0.2, 0.25) is 5.02 Å². The predicted octanol–water partition coefficient (Wildman–Crippen LogP) is 1.57. The smallest absolute Gasteiger partial charge is 0.0443 e. The number of hydrogen-bond acceptors (Lipinski definition) is 2. The number of fused-ring (bicyclic) bond motifs is 1. The Labute approximate surface area is 76.7 Å². The van der Waals surface area contributed by atoms with Gasteiger partial charge in [-0.15, -0.1) is 0 Å². The van der Waals surface area contributed by atoms with Crippen molar-refractivity contribution in [2.24, 2.45) is 0 Å². The average Bonchev–Trinajstić information content (AvgIpc) is 2.12. The second kappa shape index (κ2) is 2.96. The molecule has 64 valence electrons. The Morgan fingerprint density at radius 3 is 2.92 bits per heavy atom. The van der Waals surface area contributed by atoms with E-state index in [2.05, 4.69) is 5.32 Å². The van der Waals surface area contributed by atoms with Crippen LogP contribution in [0.3, 0.4) is 0 Å². The fourth-order valence-corrected chi connectivity index (χ4v) is 1.86. The third-order valence-electron chi connectivity index (χ3n) is 2.26. The summed E-state index contributed by atoms with van der Waals surface area (Å²) in [6.07, 6.45) is 0.985. The number of halogens is 1. The first-order chi connectivity index (χ1) is 5.79. The van der Waals surface area contributed by atoms with Crippen LogP contribution in [0, 0.1) is 0 Å². The zero-order valence-corrected chi connectivity index (χ0v) is 7.49. The summed E-state index contributed by atoms with van der Waals surface area (Å²) in [5, 5.41) is 4.12. The summed E-state index contributed by atoms with van der Waals surface area (Å²) >= 11 is 6.03. The van der Waals surface area contributed by atoms with Crippen molar-refractivity contribution in [2.45, 2.75) is 13.0 Å². The average molecular weight is 183 g/mol. The van der Waals surface area contributed by atoms with Crippen molar-refractivity contribution >= 4 is 17.3 Å². The van der Waals surface area contributed by atoms with Crippen molar-refractivity contribution in [1.29, 1.82) is 0 Å². The van der Waals surface area contributed by atoms with Gasteiger partial charge in [-0.1, -0.05) is 11.6 Å². The Morgan fingerprint density at radius 2 is 2.17 bits per heavy atom. The molecule has 0 saturated carbocycles. The van der Waals surface area contributed by atoms with E-state index in [0.29, 0.717) is 0 Å². The van der Waals surface area contributed by atoms with Crippen LogP contribution in [0.5, 0.6) is 0 Å². The Bertz CT molecular complexity index is 279. The summed E-state index contributed by atoms with van der Waals surface area (Å²) < 4.78 is 0. The highest BCUT2D eigenvalue weighted by molar-refractivity contribution is 6.31. The van der Waals surface area contributed by atoms with E-state index in [1.807, 2.05) is 12.1 Å². The fourth-order valence-electron chi connectivity index (χ4n) is 1.59. The molecule has 3 N–H and O–H groups in total. The zero-order valence-electron chi connectivity index (χ0n) is 6.73. The maximum Gasteiger partial charge on any atom is 0.0443 e. The molecular weight excluding hydrogens is 172 g/mol. The molecule has 1 heterocycles. The topological polar surface area (TPSA) is 38.0 Å². The van der Waals surface area contributed by atoms with Crippen molar-refractivity contribution in [3.05, 3.63) is 28.3 Å². The Morgan fingerprint density at radius 1 is 1.33 bits per heavy atom. The van der Waals surface area contributed by atoms with Crippen LogP contribution in [0.4, 0.5) is 5.69 Å². The van der Waals surface area contributed by atoms with Crippen molar-refractivity contribution in [1.82, 2.24) is 5.32 Å². The maximum absolute atomic E-state index is 6.03. The fraction of sp³-hybridized carbons (Fsp3) is 0.333. The van der Waals surface area contributed by atoms with Crippen molar-refractivity contribution in [3.8, 4) is 0 Å². The molecule has 2 rings (SSSR count). The second-order valence-corrected chi connectivity index (χ2v) is 3.43. The molecule has 0 bridgehead atoms. The number of nitrogens with two attached hydrogens (primary N) is 1. The third-order valence-corrected chi connectivity index (χ3v) is 2.62. The predicted molar refractivity (Wildman–Crippen MR) is 51.3 cm³/mol. The lowest BCUT2D eigenvalue weighted by atomic mass is 9.99. The molecule has 0 spiro atoms. The molecule has 2 nitrogen and oxygen atoms in total. The quantitative estimate of drug-likeness (QED) is 0.598. The summed E-state index contributed by atoms with van der Waals surface area (Å²) in [6, 6.07) is 3.75. The summed E-state index contributed by atoms with van der Waals surface area (Å²) in [5.41, 5.74) is 9.05.